The Morgan fingerprint density at radius 1 is 0.808 bits per heavy atom. The van der Waals surface area contributed by atoms with Gasteiger partial charge < -0.3 is 10.2 Å². The Hall–Kier alpha value is -3.14. The lowest BCUT2D eigenvalue weighted by atomic mass is 10.1. The van der Waals surface area contributed by atoms with Crippen molar-refractivity contribution in [1.82, 2.24) is 4.90 Å². The molecule has 0 atom stereocenters. The predicted octanol–water partition coefficient (Wildman–Crippen LogP) is 4.57. The lowest BCUT2D eigenvalue weighted by Crippen LogP contribution is -2.30. The zero-order valence-electron chi connectivity index (χ0n) is 15.0. The molecule has 0 bridgehead atoms. The number of carbonyl (C=O) groups is 2. The van der Waals surface area contributed by atoms with Crippen LogP contribution < -0.4 is 5.32 Å². The number of anilines is 1. The van der Waals surface area contributed by atoms with Gasteiger partial charge in [-0.2, -0.15) is 0 Å². The van der Waals surface area contributed by atoms with E-state index in [9.17, 15) is 9.59 Å². The molecule has 0 saturated heterocycles. The minimum atomic E-state index is -0.168. The Kier molecular flexibility index (Phi) is 5.32. The molecule has 0 fully saturated rings. The van der Waals surface area contributed by atoms with Crippen molar-refractivity contribution in [2.24, 2.45) is 0 Å². The van der Waals surface area contributed by atoms with Crippen LogP contribution in [-0.4, -0.2) is 29.8 Å². The zero-order valence-corrected chi connectivity index (χ0v) is 15.0. The summed E-state index contributed by atoms with van der Waals surface area (Å²) in [6.07, 6.45) is 0. The minimum absolute atomic E-state index is 0.00223. The third kappa shape index (κ3) is 3.75. The second-order valence-corrected chi connectivity index (χ2v) is 6.07. The van der Waals surface area contributed by atoms with Gasteiger partial charge in [0.15, 0.2) is 0 Å². The highest BCUT2D eigenvalue weighted by Gasteiger charge is 2.12. The second-order valence-electron chi connectivity index (χ2n) is 6.07. The quantitative estimate of drug-likeness (QED) is 0.735. The number of hydrogen-bond acceptors (Lipinski definition) is 2. The van der Waals surface area contributed by atoms with Gasteiger partial charge in [0.1, 0.15) is 0 Å². The smallest absolute Gasteiger partial charge is 0.255 e. The van der Waals surface area contributed by atoms with Gasteiger partial charge in [0.2, 0.25) is 0 Å². The first-order chi connectivity index (χ1) is 12.6. The first-order valence-electron chi connectivity index (χ1n) is 8.82. The number of rotatable bonds is 5. The molecule has 0 heterocycles. The molecule has 0 aromatic heterocycles. The number of benzene rings is 3. The van der Waals surface area contributed by atoms with Crippen LogP contribution in [0, 0.1) is 0 Å². The van der Waals surface area contributed by atoms with Gasteiger partial charge in [-0.25, -0.2) is 0 Å². The number of nitrogens with one attached hydrogen (secondary N) is 1. The van der Waals surface area contributed by atoms with Crippen molar-refractivity contribution in [1.29, 1.82) is 0 Å². The van der Waals surface area contributed by atoms with Crippen LogP contribution in [0.1, 0.15) is 34.6 Å². The SMILES string of the molecule is CCN(CC)C(=O)c1ccc(NC(=O)c2ccc3ccccc3c2)cc1. The Bertz CT molecular complexity index is 928. The Balaban J connectivity index is 1.73. The highest BCUT2D eigenvalue weighted by molar-refractivity contribution is 6.06. The van der Waals surface area contributed by atoms with E-state index < -0.39 is 0 Å². The molecule has 1 N–H and O–H groups in total. The van der Waals surface area contributed by atoms with Crippen molar-refractivity contribution in [2.45, 2.75) is 13.8 Å². The summed E-state index contributed by atoms with van der Waals surface area (Å²) >= 11 is 0. The number of nitrogens with zero attached hydrogens (tertiary/aromatic N) is 1. The maximum Gasteiger partial charge on any atom is 0.255 e. The van der Waals surface area contributed by atoms with Crippen LogP contribution >= 0.6 is 0 Å². The number of fused-ring (bicyclic) bond motifs is 1. The first kappa shape index (κ1) is 17.7. The molecular formula is C22H22N2O2. The van der Waals surface area contributed by atoms with Gasteiger partial charge in [-0.1, -0.05) is 30.3 Å². The summed E-state index contributed by atoms with van der Waals surface area (Å²) in [4.78, 5) is 26.6. The summed E-state index contributed by atoms with van der Waals surface area (Å²) in [5.74, 6) is -0.166. The fraction of sp³-hybridized carbons (Fsp3) is 0.182. The van der Waals surface area contributed by atoms with Crippen molar-refractivity contribution in [3.63, 3.8) is 0 Å². The van der Waals surface area contributed by atoms with Crippen LogP contribution in [0.25, 0.3) is 10.8 Å². The van der Waals surface area contributed by atoms with E-state index in [2.05, 4.69) is 5.32 Å². The standard InChI is InChI=1S/C22H22N2O2/c1-3-24(4-2)22(26)17-11-13-20(14-12-17)23-21(25)19-10-9-16-7-5-6-8-18(16)15-19/h5-15H,3-4H2,1-2H3,(H,23,25). The lowest BCUT2D eigenvalue weighted by molar-refractivity contribution is 0.0773. The maximum absolute atomic E-state index is 12.5. The van der Waals surface area contributed by atoms with E-state index in [4.69, 9.17) is 0 Å². The van der Waals surface area contributed by atoms with Crippen molar-refractivity contribution in [3.8, 4) is 0 Å². The summed E-state index contributed by atoms with van der Waals surface area (Å²) in [5, 5.41) is 5.01. The summed E-state index contributed by atoms with van der Waals surface area (Å²) in [7, 11) is 0. The van der Waals surface area contributed by atoms with E-state index in [-0.39, 0.29) is 11.8 Å². The maximum atomic E-state index is 12.5. The van der Waals surface area contributed by atoms with Crippen LogP contribution in [0.3, 0.4) is 0 Å². The number of amides is 2. The molecule has 4 nitrogen and oxygen atoms in total. The van der Waals surface area contributed by atoms with E-state index in [0.717, 1.165) is 10.8 Å². The highest BCUT2D eigenvalue weighted by atomic mass is 16.2. The monoisotopic (exact) mass is 346 g/mol. The van der Waals surface area contributed by atoms with Crippen molar-refractivity contribution < 1.29 is 9.59 Å². The predicted molar refractivity (Wildman–Crippen MR) is 106 cm³/mol. The van der Waals surface area contributed by atoms with Crippen LogP contribution in [0.5, 0.6) is 0 Å². The van der Waals surface area contributed by atoms with Gasteiger partial charge in [0.05, 0.1) is 0 Å². The average Bonchev–Trinajstić information content (AvgIpc) is 2.69. The summed E-state index contributed by atoms with van der Waals surface area (Å²) in [5.41, 5.74) is 1.89. The molecule has 132 valence electrons. The van der Waals surface area contributed by atoms with Gasteiger partial charge in [0, 0.05) is 29.9 Å². The summed E-state index contributed by atoms with van der Waals surface area (Å²) < 4.78 is 0. The molecule has 0 radical (unpaired) electrons. The molecular weight excluding hydrogens is 324 g/mol. The third-order valence-electron chi connectivity index (χ3n) is 4.45. The zero-order chi connectivity index (χ0) is 18.5. The van der Waals surface area contributed by atoms with Crippen molar-refractivity contribution in [3.05, 3.63) is 77.9 Å². The number of hydrogen-bond donors (Lipinski definition) is 1. The molecule has 0 spiro atoms. The molecule has 2 amide bonds. The normalized spacial score (nSPS) is 10.5. The molecule has 0 unspecified atom stereocenters. The van der Waals surface area contributed by atoms with Crippen LogP contribution in [0.4, 0.5) is 5.69 Å². The molecule has 3 rings (SSSR count). The van der Waals surface area contributed by atoms with E-state index in [0.29, 0.717) is 29.9 Å². The van der Waals surface area contributed by atoms with Crippen molar-refractivity contribution >= 4 is 28.3 Å². The van der Waals surface area contributed by atoms with Crippen LogP contribution in [0.15, 0.2) is 66.7 Å². The van der Waals surface area contributed by atoms with Gasteiger partial charge in [-0.15, -0.1) is 0 Å². The highest BCUT2D eigenvalue weighted by Crippen LogP contribution is 2.17. The Morgan fingerprint density at radius 3 is 2.08 bits per heavy atom. The average molecular weight is 346 g/mol. The van der Waals surface area contributed by atoms with E-state index in [1.54, 1.807) is 29.2 Å². The summed E-state index contributed by atoms with van der Waals surface area (Å²) in [6, 6.07) is 20.6. The molecule has 3 aromatic rings. The van der Waals surface area contributed by atoms with E-state index in [1.807, 2.05) is 56.3 Å². The number of carbonyl (C=O) groups excluding carboxylic acids is 2. The minimum Gasteiger partial charge on any atom is -0.339 e. The fourth-order valence-electron chi connectivity index (χ4n) is 2.92. The molecule has 26 heavy (non-hydrogen) atoms. The molecule has 0 aliphatic carbocycles. The lowest BCUT2D eigenvalue weighted by Gasteiger charge is -2.18. The first-order valence-corrected chi connectivity index (χ1v) is 8.82. The Labute approximate surface area is 153 Å². The fourth-order valence-corrected chi connectivity index (χ4v) is 2.92. The molecule has 3 aromatic carbocycles. The van der Waals surface area contributed by atoms with Gasteiger partial charge in [-0.3, -0.25) is 9.59 Å². The van der Waals surface area contributed by atoms with E-state index >= 15 is 0 Å². The second kappa shape index (κ2) is 7.83. The van der Waals surface area contributed by atoms with Gasteiger partial charge in [0.25, 0.3) is 11.8 Å². The molecule has 0 saturated carbocycles. The topological polar surface area (TPSA) is 49.4 Å². The third-order valence-corrected chi connectivity index (χ3v) is 4.45. The van der Waals surface area contributed by atoms with Crippen molar-refractivity contribution in [2.75, 3.05) is 18.4 Å². The van der Waals surface area contributed by atoms with Crippen LogP contribution in [-0.2, 0) is 0 Å². The molecule has 4 heteroatoms. The summed E-state index contributed by atoms with van der Waals surface area (Å²) in [6.45, 7) is 5.27. The molecule has 0 aliphatic rings. The van der Waals surface area contributed by atoms with E-state index in [1.165, 1.54) is 0 Å². The van der Waals surface area contributed by atoms with Crippen LogP contribution in [0.2, 0.25) is 0 Å². The van der Waals surface area contributed by atoms with Gasteiger partial charge >= 0.3 is 0 Å². The molecule has 0 aliphatic heterocycles. The van der Waals surface area contributed by atoms with Gasteiger partial charge in [-0.05, 0) is 61.0 Å². The largest absolute Gasteiger partial charge is 0.339 e. The Morgan fingerprint density at radius 2 is 1.42 bits per heavy atom.